The van der Waals surface area contributed by atoms with Crippen LogP contribution < -0.4 is 10.1 Å². The van der Waals surface area contributed by atoms with Gasteiger partial charge in [-0.05, 0) is 29.8 Å². The fourth-order valence-electron chi connectivity index (χ4n) is 2.54. The molecule has 0 fully saturated rings. The van der Waals surface area contributed by atoms with Crippen molar-refractivity contribution in [1.82, 2.24) is 14.9 Å². The standard InChI is InChI=1S/C20H19ClN4O2/c1-25(13-14-6-4-3-5-7-14)19(26)17-10-11-22-20(24-17)23-15-8-9-18(27-2)16(21)12-15/h3-12H,13H2,1-2H3,(H,22,23,24). The maximum atomic E-state index is 12.7. The van der Waals surface area contributed by atoms with Crippen LogP contribution in [0.3, 0.4) is 0 Å². The van der Waals surface area contributed by atoms with Crippen molar-refractivity contribution in [1.29, 1.82) is 0 Å². The van der Waals surface area contributed by atoms with E-state index in [0.717, 1.165) is 5.56 Å². The molecular formula is C20H19ClN4O2. The highest BCUT2D eigenvalue weighted by Gasteiger charge is 2.14. The van der Waals surface area contributed by atoms with E-state index in [1.54, 1.807) is 49.5 Å². The van der Waals surface area contributed by atoms with Crippen LogP contribution in [0.4, 0.5) is 11.6 Å². The Balaban J connectivity index is 1.72. The molecule has 7 heteroatoms. The normalized spacial score (nSPS) is 10.3. The molecule has 1 aromatic heterocycles. The lowest BCUT2D eigenvalue weighted by molar-refractivity contribution is 0.0779. The third-order valence-corrected chi connectivity index (χ3v) is 4.19. The average Bonchev–Trinajstić information content (AvgIpc) is 2.68. The number of hydrogen-bond donors (Lipinski definition) is 1. The first-order chi connectivity index (χ1) is 13.1. The molecule has 1 N–H and O–H groups in total. The first-order valence-electron chi connectivity index (χ1n) is 8.30. The maximum absolute atomic E-state index is 12.7. The number of anilines is 2. The quantitative estimate of drug-likeness (QED) is 0.693. The molecular weight excluding hydrogens is 364 g/mol. The molecule has 0 saturated carbocycles. The molecule has 27 heavy (non-hydrogen) atoms. The highest BCUT2D eigenvalue weighted by molar-refractivity contribution is 6.32. The summed E-state index contributed by atoms with van der Waals surface area (Å²) in [6.07, 6.45) is 1.55. The van der Waals surface area contributed by atoms with Gasteiger partial charge in [-0.3, -0.25) is 4.79 Å². The number of rotatable bonds is 6. The zero-order valence-corrected chi connectivity index (χ0v) is 15.8. The Morgan fingerprint density at radius 3 is 2.67 bits per heavy atom. The van der Waals surface area contributed by atoms with Crippen molar-refractivity contribution in [3.63, 3.8) is 0 Å². The van der Waals surface area contributed by atoms with E-state index in [1.807, 2.05) is 30.3 Å². The van der Waals surface area contributed by atoms with Gasteiger partial charge in [0.05, 0.1) is 12.1 Å². The fraction of sp³-hybridized carbons (Fsp3) is 0.150. The molecule has 0 spiro atoms. The van der Waals surface area contributed by atoms with Gasteiger partial charge >= 0.3 is 0 Å². The molecule has 6 nitrogen and oxygen atoms in total. The number of ether oxygens (including phenoxy) is 1. The average molecular weight is 383 g/mol. The second-order valence-corrected chi connectivity index (χ2v) is 6.29. The first-order valence-corrected chi connectivity index (χ1v) is 8.67. The van der Waals surface area contributed by atoms with E-state index in [9.17, 15) is 4.79 Å². The van der Waals surface area contributed by atoms with Crippen molar-refractivity contribution in [3.05, 3.63) is 77.1 Å². The van der Waals surface area contributed by atoms with Crippen molar-refractivity contribution in [2.24, 2.45) is 0 Å². The smallest absolute Gasteiger partial charge is 0.272 e. The minimum atomic E-state index is -0.183. The molecule has 1 amide bonds. The number of nitrogens with one attached hydrogen (secondary N) is 1. The van der Waals surface area contributed by atoms with Crippen molar-refractivity contribution in [2.75, 3.05) is 19.5 Å². The molecule has 0 aliphatic rings. The van der Waals surface area contributed by atoms with Crippen molar-refractivity contribution in [3.8, 4) is 5.75 Å². The van der Waals surface area contributed by atoms with Crippen LogP contribution in [0.1, 0.15) is 16.1 Å². The summed E-state index contributed by atoms with van der Waals surface area (Å²) < 4.78 is 5.13. The molecule has 3 rings (SSSR count). The van der Waals surface area contributed by atoms with E-state index < -0.39 is 0 Å². The van der Waals surface area contributed by atoms with Gasteiger partial charge in [-0.1, -0.05) is 41.9 Å². The highest BCUT2D eigenvalue weighted by Crippen LogP contribution is 2.28. The Morgan fingerprint density at radius 1 is 1.19 bits per heavy atom. The van der Waals surface area contributed by atoms with Crippen molar-refractivity contribution < 1.29 is 9.53 Å². The molecule has 2 aromatic carbocycles. The van der Waals surface area contributed by atoms with Crippen LogP contribution in [-0.4, -0.2) is 34.9 Å². The second kappa shape index (κ2) is 8.51. The van der Waals surface area contributed by atoms with Crippen LogP contribution in [0.15, 0.2) is 60.8 Å². The SMILES string of the molecule is COc1ccc(Nc2nccc(C(=O)N(C)Cc3ccccc3)n2)cc1Cl. The summed E-state index contributed by atoms with van der Waals surface area (Å²) in [5, 5.41) is 3.52. The molecule has 138 valence electrons. The number of halogens is 1. The molecule has 0 radical (unpaired) electrons. The van der Waals surface area contributed by atoms with Gasteiger partial charge < -0.3 is 15.0 Å². The summed E-state index contributed by atoms with van der Waals surface area (Å²) in [6, 6.07) is 16.6. The van der Waals surface area contributed by atoms with E-state index in [1.165, 1.54) is 0 Å². The zero-order valence-electron chi connectivity index (χ0n) is 15.0. The lowest BCUT2D eigenvalue weighted by Crippen LogP contribution is -2.27. The van der Waals surface area contributed by atoms with E-state index in [4.69, 9.17) is 16.3 Å². The second-order valence-electron chi connectivity index (χ2n) is 5.89. The summed E-state index contributed by atoms with van der Waals surface area (Å²) in [7, 11) is 3.30. The molecule has 0 atom stereocenters. The van der Waals surface area contributed by atoms with Gasteiger partial charge in [0.2, 0.25) is 5.95 Å². The maximum Gasteiger partial charge on any atom is 0.272 e. The third kappa shape index (κ3) is 4.74. The number of hydrogen-bond acceptors (Lipinski definition) is 5. The number of carbonyl (C=O) groups excluding carboxylic acids is 1. The molecule has 0 bridgehead atoms. The predicted octanol–water partition coefficient (Wildman–Crippen LogP) is 4.15. The Kier molecular flexibility index (Phi) is 5.88. The number of carbonyl (C=O) groups is 1. The number of amides is 1. The predicted molar refractivity (Wildman–Crippen MR) is 106 cm³/mol. The molecule has 0 saturated heterocycles. The number of benzene rings is 2. The van der Waals surface area contributed by atoms with Gasteiger partial charge in [0.1, 0.15) is 11.4 Å². The highest BCUT2D eigenvalue weighted by atomic mass is 35.5. The zero-order chi connectivity index (χ0) is 19.2. The van der Waals surface area contributed by atoms with Gasteiger partial charge in [0.25, 0.3) is 5.91 Å². The monoisotopic (exact) mass is 382 g/mol. The topological polar surface area (TPSA) is 67.3 Å². The van der Waals surface area contributed by atoms with Gasteiger partial charge in [0.15, 0.2) is 0 Å². The first kappa shape index (κ1) is 18.7. The van der Waals surface area contributed by atoms with Crippen LogP contribution in [0, 0.1) is 0 Å². The third-order valence-electron chi connectivity index (χ3n) is 3.89. The summed E-state index contributed by atoms with van der Waals surface area (Å²) in [5.74, 6) is 0.710. The molecule has 0 aliphatic heterocycles. The number of aromatic nitrogens is 2. The van der Waals surface area contributed by atoms with Crippen LogP contribution in [-0.2, 0) is 6.54 Å². The largest absolute Gasteiger partial charge is 0.495 e. The lowest BCUT2D eigenvalue weighted by Gasteiger charge is -2.17. The van der Waals surface area contributed by atoms with Gasteiger partial charge in [-0.15, -0.1) is 0 Å². The van der Waals surface area contributed by atoms with E-state index >= 15 is 0 Å². The minimum absolute atomic E-state index is 0.183. The molecule has 0 unspecified atom stereocenters. The van der Waals surface area contributed by atoms with E-state index in [0.29, 0.717) is 34.6 Å². The van der Waals surface area contributed by atoms with Crippen LogP contribution >= 0.6 is 11.6 Å². The Bertz CT molecular complexity index is 934. The molecule has 3 aromatic rings. The van der Waals surface area contributed by atoms with Gasteiger partial charge in [-0.25, -0.2) is 9.97 Å². The Morgan fingerprint density at radius 2 is 1.96 bits per heavy atom. The fourth-order valence-corrected chi connectivity index (χ4v) is 2.79. The van der Waals surface area contributed by atoms with Crippen LogP contribution in [0.25, 0.3) is 0 Å². The summed E-state index contributed by atoms with van der Waals surface area (Å²) >= 11 is 6.13. The van der Waals surface area contributed by atoms with Crippen molar-refractivity contribution in [2.45, 2.75) is 6.54 Å². The number of methoxy groups -OCH3 is 1. The van der Waals surface area contributed by atoms with E-state index in [-0.39, 0.29) is 5.91 Å². The van der Waals surface area contributed by atoms with Gasteiger partial charge in [-0.2, -0.15) is 0 Å². The van der Waals surface area contributed by atoms with Crippen LogP contribution in [0.2, 0.25) is 5.02 Å². The van der Waals surface area contributed by atoms with Gasteiger partial charge in [0, 0.05) is 25.5 Å². The van der Waals surface area contributed by atoms with E-state index in [2.05, 4.69) is 15.3 Å². The Hall–Kier alpha value is -3.12. The summed E-state index contributed by atoms with van der Waals surface area (Å²) in [4.78, 5) is 22.8. The molecule has 1 heterocycles. The summed E-state index contributed by atoms with van der Waals surface area (Å²) in [5.41, 5.74) is 2.06. The van der Waals surface area contributed by atoms with Crippen LogP contribution in [0.5, 0.6) is 5.75 Å². The van der Waals surface area contributed by atoms with Crippen molar-refractivity contribution >= 4 is 29.1 Å². The Labute approximate surface area is 162 Å². The molecule has 0 aliphatic carbocycles. The number of nitrogens with zero attached hydrogens (tertiary/aromatic N) is 3. The lowest BCUT2D eigenvalue weighted by atomic mass is 10.2. The minimum Gasteiger partial charge on any atom is -0.495 e. The summed E-state index contributed by atoms with van der Waals surface area (Å²) in [6.45, 7) is 0.501.